The maximum Gasteiger partial charge on any atom is 0.238 e. The number of thioether (sulfide) groups is 1. The van der Waals surface area contributed by atoms with E-state index in [1.807, 2.05) is 31.2 Å². The molecule has 1 saturated heterocycles. The third-order valence-electron chi connectivity index (χ3n) is 4.43. The van der Waals surface area contributed by atoms with Crippen molar-refractivity contribution in [1.29, 1.82) is 0 Å². The van der Waals surface area contributed by atoms with Crippen LogP contribution in [0.5, 0.6) is 11.5 Å². The first-order valence-corrected chi connectivity index (χ1v) is 9.66. The second-order valence-electron chi connectivity index (χ2n) is 6.55. The third kappa shape index (κ3) is 3.82. The van der Waals surface area contributed by atoms with Gasteiger partial charge in [0.05, 0.1) is 5.69 Å². The number of aryl methyl sites for hydroxylation is 1. The van der Waals surface area contributed by atoms with Crippen molar-refractivity contribution >= 4 is 40.1 Å². The minimum absolute atomic E-state index is 0.124. The van der Waals surface area contributed by atoms with Gasteiger partial charge < -0.3 is 14.8 Å². The number of amidine groups is 1. The number of benzene rings is 2. The Hall–Kier alpha value is -3.00. The van der Waals surface area contributed by atoms with Gasteiger partial charge >= 0.3 is 0 Å². The van der Waals surface area contributed by atoms with Crippen molar-refractivity contribution in [2.45, 2.75) is 18.6 Å². The minimum Gasteiger partial charge on any atom is -0.454 e. The number of hydrogen-bond acceptors (Lipinski definition) is 6. The van der Waals surface area contributed by atoms with Crippen LogP contribution in [0.3, 0.4) is 0 Å². The Balaban J connectivity index is 1.53. The molecule has 2 amide bonds. The molecule has 1 N–H and O–H groups in total. The third-order valence-corrected chi connectivity index (χ3v) is 5.67. The number of nitrogens with one attached hydrogen (secondary N) is 1. The number of ether oxygens (including phenoxy) is 2. The average Bonchev–Trinajstić information content (AvgIpc) is 3.13. The van der Waals surface area contributed by atoms with Gasteiger partial charge in [-0.2, -0.15) is 0 Å². The van der Waals surface area contributed by atoms with Crippen LogP contribution in [0.4, 0.5) is 11.4 Å². The van der Waals surface area contributed by atoms with E-state index >= 15 is 0 Å². The van der Waals surface area contributed by atoms with Gasteiger partial charge in [0.1, 0.15) is 5.25 Å². The summed E-state index contributed by atoms with van der Waals surface area (Å²) in [6, 6.07) is 12.9. The van der Waals surface area contributed by atoms with Crippen molar-refractivity contribution in [2.75, 3.05) is 19.2 Å². The van der Waals surface area contributed by atoms with Crippen molar-refractivity contribution in [1.82, 2.24) is 4.90 Å². The Morgan fingerprint density at radius 3 is 2.86 bits per heavy atom. The molecule has 144 valence electrons. The van der Waals surface area contributed by atoms with E-state index in [9.17, 15) is 9.59 Å². The first-order chi connectivity index (χ1) is 13.5. The summed E-state index contributed by atoms with van der Waals surface area (Å²) in [6.07, 6.45) is 0.124. The summed E-state index contributed by atoms with van der Waals surface area (Å²) in [5, 5.41) is 2.81. The van der Waals surface area contributed by atoms with E-state index in [1.54, 1.807) is 25.2 Å². The van der Waals surface area contributed by atoms with E-state index in [-0.39, 0.29) is 25.0 Å². The second-order valence-corrected chi connectivity index (χ2v) is 7.72. The SMILES string of the molecule is Cc1cccc(NC(=O)[C@@H]2CC(=O)N(C)C(=Nc3ccc4c(c3)OCO4)S2)c1. The fourth-order valence-electron chi connectivity index (χ4n) is 2.91. The minimum atomic E-state index is -0.544. The van der Waals surface area contributed by atoms with Gasteiger partial charge in [0.25, 0.3) is 0 Å². The van der Waals surface area contributed by atoms with Gasteiger partial charge in [0.2, 0.25) is 18.6 Å². The number of carbonyl (C=O) groups is 2. The highest BCUT2D eigenvalue weighted by atomic mass is 32.2. The highest BCUT2D eigenvalue weighted by molar-refractivity contribution is 8.15. The maximum absolute atomic E-state index is 12.7. The van der Waals surface area contributed by atoms with Crippen molar-refractivity contribution < 1.29 is 19.1 Å². The van der Waals surface area contributed by atoms with E-state index in [0.29, 0.717) is 28.0 Å². The number of fused-ring (bicyclic) bond motifs is 1. The summed E-state index contributed by atoms with van der Waals surface area (Å²) < 4.78 is 10.7. The van der Waals surface area contributed by atoms with Gasteiger partial charge in [-0.05, 0) is 36.8 Å². The van der Waals surface area contributed by atoms with Crippen LogP contribution in [0.2, 0.25) is 0 Å². The van der Waals surface area contributed by atoms with Crippen LogP contribution < -0.4 is 14.8 Å². The predicted octanol–water partition coefficient (Wildman–Crippen LogP) is 3.31. The number of nitrogens with zero attached hydrogens (tertiary/aromatic N) is 2. The highest BCUT2D eigenvalue weighted by Gasteiger charge is 2.34. The second kappa shape index (κ2) is 7.55. The van der Waals surface area contributed by atoms with Crippen LogP contribution in [0.15, 0.2) is 47.5 Å². The van der Waals surface area contributed by atoms with Crippen LogP contribution in [0, 0.1) is 6.92 Å². The Morgan fingerprint density at radius 1 is 1.21 bits per heavy atom. The summed E-state index contributed by atoms with van der Waals surface area (Å²) in [7, 11) is 1.66. The van der Waals surface area contributed by atoms with E-state index in [1.165, 1.54) is 16.7 Å². The fourth-order valence-corrected chi connectivity index (χ4v) is 3.97. The number of carbonyl (C=O) groups excluding carboxylic acids is 2. The number of aliphatic imine (C=N–C) groups is 1. The molecule has 2 aromatic rings. The van der Waals surface area contributed by atoms with Crippen LogP contribution in [0.1, 0.15) is 12.0 Å². The molecule has 28 heavy (non-hydrogen) atoms. The molecule has 4 rings (SSSR count). The lowest BCUT2D eigenvalue weighted by Gasteiger charge is -2.28. The topological polar surface area (TPSA) is 80.2 Å². The Labute approximate surface area is 166 Å². The number of hydrogen-bond donors (Lipinski definition) is 1. The molecule has 0 aliphatic carbocycles. The summed E-state index contributed by atoms with van der Waals surface area (Å²) in [6.45, 7) is 2.14. The van der Waals surface area contributed by atoms with Crippen molar-refractivity contribution in [2.24, 2.45) is 4.99 Å². The number of rotatable bonds is 3. The molecule has 0 radical (unpaired) electrons. The number of amides is 2. The highest BCUT2D eigenvalue weighted by Crippen LogP contribution is 2.36. The molecule has 0 bridgehead atoms. The molecule has 7 nitrogen and oxygen atoms in total. The molecule has 1 fully saturated rings. The van der Waals surface area contributed by atoms with Crippen LogP contribution in [-0.4, -0.2) is 41.0 Å². The van der Waals surface area contributed by atoms with Crippen LogP contribution in [-0.2, 0) is 9.59 Å². The first kappa shape index (κ1) is 18.4. The zero-order valence-corrected chi connectivity index (χ0v) is 16.3. The van der Waals surface area contributed by atoms with E-state index in [4.69, 9.17) is 9.47 Å². The van der Waals surface area contributed by atoms with E-state index in [2.05, 4.69) is 10.3 Å². The molecule has 8 heteroatoms. The maximum atomic E-state index is 12.7. The lowest BCUT2D eigenvalue weighted by Crippen LogP contribution is -2.43. The lowest BCUT2D eigenvalue weighted by atomic mass is 10.2. The Kier molecular flexibility index (Phi) is 4.95. The molecule has 2 heterocycles. The molecule has 2 aliphatic heterocycles. The molecule has 2 aliphatic rings. The molecule has 0 unspecified atom stereocenters. The van der Waals surface area contributed by atoms with Gasteiger partial charge in [-0.25, -0.2) is 4.99 Å². The molecular formula is C20H19N3O4S. The van der Waals surface area contributed by atoms with Gasteiger partial charge in [0, 0.05) is 25.2 Å². The summed E-state index contributed by atoms with van der Waals surface area (Å²) in [4.78, 5) is 31.1. The fraction of sp³-hybridized carbons (Fsp3) is 0.250. The first-order valence-electron chi connectivity index (χ1n) is 8.79. The lowest BCUT2D eigenvalue weighted by molar-refractivity contribution is -0.128. The van der Waals surface area contributed by atoms with Gasteiger partial charge in [-0.1, -0.05) is 23.9 Å². The van der Waals surface area contributed by atoms with E-state index < -0.39 is 5.25 Å². The average molecular weight is 397 g/mol. The van der Waals surface area contributed by atoms with E-state index in [0.717, 1.165) is 5.56 Å². The zero-order chi connectivity index (χ0) is 19.7. The summed E-state index contributed by atoms with van der Waals surface area (Å²) >= 11 is 1.27. The standard InChI is InChI=1S/C20H19N3O4S/c1-12-4-3-5-13(8-12)21-19(25)17-10-18(24)23(2)20(28-17)22-14-6-7-15-16(9-14)27-11-26-15/h3-9,17H,10-11H2,1-2H3,(H,21,25)/t17-/m0/s1. The largest absolute Gasteiger partial charge is 0.454 e. The Bertz CT molecular complexity index is 976. The van der Waals surface area contributed by atoms with Crippen molar-refractivity contribution in [3.63, 3.8) is 0 Å². The normalized spacial score (nSPS) is 19.8. The summed E-state index contributed by atoms with van der Waals surface area (Å²) in [5.41, 5.74) is 2.40. The molecule has 1 atom stereocenters. The van der Waals surface area contributed by atoms with Crippen LogP contribution in [0.25, 0.3) is 0 Å². The number of anilines is 1. The Morgan fingerprint density at radius 2 is 2.04 bits per heavy atom. The zero-order valence-electron chi connectivity index (χ0n) is 15.5. The molecule has 0 saturated carbocycles. The molecule has 0 aromatic heterocycles. The quantitative estimate of drug-likeness (QED) is 0.859. The monoisotopic (exact) mass is 397 g/mol. The van der Waals surface area contributed by atoms with Gasteiger partial charge in [-0.3, -0.25) is 14.5 Å². The molecule has 2 aromatic carbocycles. The smallest absolute Gasteiger partial charge is 0.238 e. The molecular weight excluding hydrogens is 378 g/mol. The van der Waals surface area contributed by atoms with Crippen LogP contribution >= 0.6 is 11.8 Å². The van der Waals surface area contributed by atoms with Gasteiger partial charge in [-0.15, -0.1) is 0 Å². The summed E-state index contributed by atoms with van der Waals surface area (Å²) in [5.74, 6) is 0.920. The van der Waals surface area contributed by atoms with Gasteiger partial charge in [0.15, 0.2) is 16.7 Å². The van der Waals surface area contributed by atoms with Crippen molar-refractivity contribution in [3.05, 3.63) is 48.0 Å². The molecule has 0 spiro atoms. The predicted molar refractivity (Wildman–Crippen MR) is 108 cm³/mol. The van der Waals surface area contributed by atoms with Crippen molar-refractivity contribution in [3.8, 4) is 11.5 Å².